The zero-order valence-corrected chi connectivity index (χ0v) is 15.0. The van der Waals surface area contributed by atoms with Crippen LogP contribution in [0.25, 0.3) is 0 Å². The molecule has 0 radical (unpaired) electrons. The summed E-state index contributed by atoms with van der Waals surface area (Å²) in [5, 5.41) is 7.69. The molecule has 5 heteroatoms. The van der Waals surface area contributed by atoms with E-state index < -0.39 is 0 Å². The van der Waals surface area contributed by atoms with Crippen LogP contribution in [-0.4, -0.2) is 42.6 Å². The van der Waals surface area contributed by atoms with Crippen molar-refractivity contribution in [3.63, 3.8) is 0 Å². The quantitative estimate of drug-likeness (QED) is 0.832. The third kappa shape index (κ3) is 4.14. The zero-order valence-electron chi connectivity index (χ0n) is 14.2. The average Bonchev–Trinajstić information content (AvgIpc) is 2.97. The Bertz CT molecular complexity index is 509. The van der Waals surface area contributed by atoms with Crippen molar-refractivity contribution in [3.05, 3.63) is 22.4 Å². The van der Waals surface area contributed by atoms with Gasteiger partial charge in [-0.05, 0) is 74.0 Å². The van der Waals surface area contributed by atoms with Crippen LogP contribution >= 0.6 is 11.3 Å². The van der Waals surface area contributed by atoms with Crippen molar-refractivity contribution in [2.45, 2.75) is 58.2 Å². The standard InChI is InChI=1S/C18H28N2O2S/c1-14(2)22-9-3-17(21)20(12-15-4-10-23-13-15)16-11-18(16)5-7-19-8-6-18/h4,10,13-14,16,19H,3,5-9,11-12H2,1-2H3. The minimum absolute atomic E-state index is 0.185. The zero-order chi connectivity index (χ0) is 16.3. The normalized spacial score (nSPS) is 22.5. The third-order valence-electron chi connectivity index (χ3n) is 5.14. The number of hydrogen-bond acceptors (Lipinski definition) is 4. The number of rotatable bonds is 7. The Morgan fingerprint density at radius 1 is 1.48 bits per heavy atom. The van der Waals surface area contributed by atoms with Gasteiger partial charge in [0.25, 0.3) is 0 Å². The summed E-state index contributed by atoms with van der Waals surface area (Å²) in [6, 6.07) is 2.56. The highest BCUT2D eigenvalue weighted by molar-refractivity contribution is 7.07. The number of hydrogen-bond donors (Lipinski definition) is 1. The van der Waals surface area contributed by atoms with Crippen molar-refractivity contribution >= 4 is 17.2 Å². The Morgan fingerprint density at radius 3 is 2.91 bits per heavy atom. The van der Waals surface area contributed by atoms with Gasteiger partial charge in [0.15, 0.2) is 0 Å². The molecule has 1 aliphatic carbocycles. The lowest BCUT2D eigenvalue weighted by Crippen LogP contribution is -2.39. The van der Waals surface area contributed by atoms with Crippen molar-refractivity contribution in [1.82, 2.24) is 10.2 Å². The van der Waals surface area contributed by atoms with Crippen LogP contribution < -0.4 is 5.32 Å². The average molecular weight is 337 g/mol. The second kappa shape index (κ2) is 7.32. The van der Waals surface area contributed by atoms with E-state index in [1.165, 1.54) is 24.8 Å². The Balaban J connectivity index is 1.63. The van der Waals surface area contributed by atoms with Crippen LogP contribution in [0.1, 0.15) is 45.1 Å². The fourth-order valence-corrected chi connectivity index (χ4v) is 4.37. The first-order valence-corrected chi connectivity index (χ1v) is 9.68. The molecule has 1 saturated carbocycles. The number of carbonyl (C=O) groups is 1. The van der Waals surface area contributed by atoms with Gasteiger partial charge >= 0.3 is 0 Å². The van der Waals surface area contributed by atoms with Gasteiger partial charge in [0, 0.05) is 12.6 Å². The fraction of sp³-hybridized carbons (Fsp3) is 0.722. The molecular formula is C18H28N2O2S. The number of nitrogens with one attached hydrogen (secondary N) is 1. The number of thiophene rings is 1. The molecule has 1 N–H and O–H groups in total. The van der Waals surface area contributed by atoms with Crippen molar-refractivity contribution in [3.8, 4) is 0 Å². The van der Waals surface area contributed by atoms with Crippen LogP contribution in [0.5, 0.6) is 0 Å². The van der Waals surface area contributed by atoms with E-state index in [0.29, 0.717) is 24.5 Å². The Hall–Kier alpha value is -0.910. The van der Waals surface area contributed by atoms with E-state index in [1.54, 1.807) is 11.3 Å². The summed E-state index contributed by atoms with van der Waals surface area (Å²) in [5.74, 6) is 0.247. The van der Waals surface area contributed by atoms with Crippen LogP contribution in [0.4, 0.5) is 0 Å². The molecule has 0 aromatic carbocycles. The predicted octanol–water partition coefficient (Wildman–Crippen LogP) is 3.03. The highest BCUT2D eigenvalue weighted by Crippen LogP contribution is 2.56. The molecule has 1 aromatic rings. The summed E-state index contributed by atoms with van der Waals surface area (Å²) in [6.07, 6.45) is 4.26. The van der Waals surface area contributed by atoms with Crippen molar-refractivity contribution in [2.24, 2.45) is 5.41 Å². The smallest absolute Gasteiger partial charge is 0.225 e. The van der Waals surface area contributed by atoms with Crippen molar-refractivity contribution < 1.29 is 9.53 Å². The topological polar surface area (TPSA) is 41.6 Å². The van der Waals surface area contributed by atoms with Crippen LogP contribution in [0.2, 0.25) is 0 Å². The first-order valence-electron chi connectivity index (χ1n) is 8.74. The van der Waals surface area contributed by atoms with Gasteiger partial charge in [-0.15, -0.1) is 0 Å². The minimum atomic E-state index is 0.185. The van der Waals surface area contributed by atoms with Gasteiger partial charge in [-0.1, -0.05) is 0 Å². The van der Waals surface area contributed by atoms with E-state index in [4.69, 9.17) is 4.74 Å². The molecule has 1 unspecified atom stereocenters. The highest BCUT2D eigenvalue weighted by atomic mass is 32.1. The van der Waals surface area contributed by atoms with E-state index >= 15 is 0 Å². The second-order valence-corrected chi connectivity index (χ2v) is 7.94. The fourth-order valence-electron chi connectivity index (χ4n) is 3.71. The van der Waals surface area contributed by atoms with E-state index in [9.17, 15) is 4.79 Å². The second-order valence-electron chi connectivity index (χ2n) is 7.16. The lowest BCUT2D eigenvalue weighted by Gasteiger charge is -2.29. The molecule has 23 heavy (non-hydrogen) atoms. The molecule has 1 spiro atoms. The minimum Gasteiger partial charge on any atom is -0.378 e. The molecular weight excluding hydrogens is 308 g/mol. The van der Waals surface area contributed by atoms with Crippen molar-refractivity contribution in [1.29, 1.82) is 0 Å². The van der Waals surface area contributed by atoms with Gasteiger partial charge in [-0.3, -0.25) is 4.79 Å². The molecule has 128 valence electrons. The number of ether oxygens (including phenoxy) is 1. The number of piperidine rings is 1. The molecule has 4 nitrogen and oxygen atoms in total. The number of nitrogens with zero attached hydrogens (tertiary/aromatic N) is 1. The molecule has 0 bridgehead atoms. The summed E-state index contributed by atoms with van der Waals surface area (Å²) >= 11 is 1.70. The predicted molar refractivity (Wildman–Crippen MR) is 93.5 cm³/mol. The van der Waals surface area contributed by atoms with Gasteiger partial charge in [0.2, 0.25) is 5.91 Å². The molecule has 2 fully saturated rings. The van der Waals surface area contributed by atoms with Crippen molar-refractivity contribution in [2.75, 3.05) is 19.7 Å². The summed E-state index contributed by atoms with van der Waals surface area (Å²) in [4.78, 5) is 14.9. The molecule has 2 heterocycles. The Morgan fingerprint density at radius 2 is 2.26 bits per heavy atom. The maximum absolute atomic E-state index is 12.8. The Labute approximate surface area is 143 Å². The van der Waals surface area contributed by atoms with Crippen LogP contribution in [-0.2, 0) is 16.1 Å². The van der Waals surface area contributed by atoms with E-state index in [1.807, 2.05) is 13.8 Å². The summed E-state index contributed by atoms with van der Waals surface area (Å²) in [5.41, 5.74) is 1.64. The molecule has 1 amide bonds. The van der Waals surface area contributed by atoms with Gasteiger partial charge in [-0.25, -0.2) is 0 Å². The van der Waals surface area contributed by atoms with Gasteiger partial charge in [0.1, 0.15) is 0 Å². The highest BCUT2D eigenvalue weighted by Gasteiger charge is 2.57. The summed E-state index contributed by atoms with van der Waals surface area (Å²) in [7, 11) is 0. The molecule has 3 rings (SSSR count). The van der Waals surface area contributed by atoms with Crippen LogP contribution in [0.15, 0.2) is 16.8 Å². The number of amides is 1. The monoisotopic (exact) mass is 336 g/mol. The lowest BCUT2D eigenvalue weighted by atomic mass is 9.93. The maximum atomic E-state index is 12.8. The van der Waals surface area contributed by atoms with Gasteiger partial charge < -0.3 is 15.0 Å². The van der Waals surface area contributed by atoms with E-state index in [-0.39, 0.29) is 12.0 Å². The Kier molecular flexibility index (Phi) is 5.39. The first-order chi connectivity index (χ1) is 11.1. The van der Waals surface area contributed by atoms with E-state index in [2.05, 4.69) is 27.0 Å². The van der Waals surface area contributed by atoms with Gasteiger partial charge in [0.05, 0.1) is 19.1 Å². The van der Waals surface area contributed by atoms with Crippen LogP contribution in [0, 0.1) is 5.41 Å². The van der Waals surface area contributed by atoms with Gasteiger partial charge in [-0.2, -0.15) is 11.3 Å². The lowest BCUT2D eigenvalue weighted by molar-refractivity contribution is -0.134. The molecule has 1 saturated heterocycles. The molecule has 1 atom stereocenters. The first kappa shape index (κ1) is 16.9. The number of carbonyl (C=O) groups excluding carboxylic acids is 1. The molecule has 2 aliphatic rings. The third-order valence-corrected chi connectivity index (χ3v) is 5.87. The SMILES string of the molecule is CC(C)OCCC(=O)N(Cc1ccsc1)C1CC12CCNCC2. The van der Waals surface area contributed by atoms with Crippen LogP contribution in [0.3, 0.4) is 0 Å². The molecule has 1 aliphatic heterocycles. The maximum Gasteiger partial charge on any atom is 0.225 e. The largest absolute Gasteiger partial charge is 0.378 e. The summed E-state index contributed by atoms with van der Waals surface area (Å²) < 4.78 is 5.58. The summed E-state index contributed by atoms with van der Waals surface area (Å²) in [6.45, 7) is 7.49. The van der Waals surface area contributed by atoms with E-state index in [0.717, 1.165) is 19.6 Å². The molecule has 1 aromatic heterocycles.